The van der Waals surface area contributed by atoms with Crippen LogP contribution in [0.25, 0.3) is 10.2 Å². The SMILES string of the molecule is CCN(CC)S(=O)(=O)c1cccc(C(=O)NC(C(=O)Nc2nc3ccccc3s2)C(C)C)c1. The van der Waals surface area contributed by atoms with E-state index < -0.39 is 22.0 Å². The van der Waals surface area contributed by atoms with Crippen LogP contribution < -0.4 is 10.6 Å². The number of anilines is 1. The zero-order valence-electron chi connectivity index (χ0n) is 19.0. The number of benzene rings is 2. The molecule has 1 atom stereocenters. The highest BCUT2D eigenvalue weighted by Gasteiger charge is 2.27. The fourth-order valence-corrected chi connectivity index (χ4v) is 5.75. The molecule has 0 aliphatic heterocycles. The molecule has 176 valence electrons. The Labute approximate surface area is 198 Å². The van der Waals surface area contributed by atoms with E-state index in [0.717, 1.165) is 10.2 Å². The van der Waals surface area contributed by atoms with E-state index in [9.17, 15) is 18.0 Å². The fourth-order valence-electron chi connectivity index (χ4n) is 3.38. The minimum Gasteiger partial charge on any atom is -0.340 e. The molecule has 0 aliphatic carbocycles. The van der Waals surface area contributed by atoms with Gasteiger partial charge in [0.25, 0.3) is 5.91 Å². The molecule has 0 saturated carbocycles. The molecule has 3 rings (SSSR count). The van der Waals surface area contributed by atoms with Crippen molar-refractivity contribution in [1.82, 2.24) is 14.6 Å². The van der Waals surface area contributed by atoms with Crippen LogP contribution in [-0.4, -0.2) is 48.7 Å². The third-order valence-corrected chi connectivity index (χ3v) is 8.20. The predicted octanol–water partition coefficient (Wildman–Crippen LogP) is 3.72. The summed E-state index contributed by atoms with van der Waals surface area (Å²) in [6.45, 7) is 7.82. The van der Waals surface area contributed by atoms with E-state index in [0.29, 0.717) is 18.2 Å². The van der Waals surface area contributed by atoms with Crippen LogP contribution in [0.3, 0.4) is 0 Å². The average Bonchev–Trinajstić information content (AvgIpc) is 3.20. The molecule has 0 bridgehead atoms. The van der Waals surface area contributed by atoms with Crippen molar-refractivity contribution in [2.75, 3.05) is 18.4 Å². The number of sulfonamides is 1. The van der Waals surface area contributed by atoms with Crippen molar-refractivity contribution in [2.45, 2.75) is 38.6 Å². The van der Waals surface area contributed by atoms with Gasteiger partial charge in [-0.3, -0.25) is 9.59 Å². The van der Waals surface area contributed by atoms with Gasteiger partial charge in [-0.2, -0.15) is 4.31 Å². The number of hydrogen-bond acceptors (Lipinski definition) is 6. The van der Waals surface area contributed by atoms with Crippen molar-refractivity contribution < 1.29 is 18.0 Å². The maximum atomic E-state index is 12.9. The number of hydrogen-bond donors (Lipinski definition) is 2. The lowest BCUT2D eigenvalue weighted by Crippen LogP contribution is -2.47. The first kappa shape index (κ1) is 24.8. The van der Waals surface area contributed by atoms with Crippen LogP contribution in [0.4, 0.5) is 5.13 Å². The van der Waals surface area contributed by atoms with Crippen LogP contribution in [0.1, 0.15) is 38.1 Å². The summed E-state index contributed by atoms with van der Waals surface area (Å²) in [6.07, 6.45) is 0. The molecular weight excluding hydrogens is 460 g/mol. The maximum Gasteiger partial charge on any atom is 0.251 e. The fraction of sp³-hybridized carbons (Fsp3) is 0.348. The zero-order valence-corrected chi connectivity index (χ0v) is 20.7. The number of nitrogens with one attached hydrogen (secondary N) is 2. The van der Waals surface area contributed by atoms with E-state index in [1.54, 1.807) is 13.8 Å². The number of carbonyl (C=O) groups is 2. The van der Waals surface area contributed by atoms with Gasteiger partial charge in [0.05, 0.1) is 15.1 Å². The number of amides is 2. The average molecular weight is 489 g/mol. The number of nitrogens with zero attached hydrogens (tertiary/aromatic N) is 2. The van der Waals surface area contributed by atoms with Gasteiger partial charge >= 0.3 is 0 Å². The Kier molecular flexibility index (Phi) is 7.83. The first-order valence-corrected chi connectivity index (χ1v) is 13.0. The van der Waals surface area contributed by atoms with E-state index >= 15 is 0 Å². The van der Waals surface area contributed by atoms with E-state index in [-0.39, 0.29) is 22.3 Å². The van der Waals surface area contributed by atoms with Crippen LogP contribution in [0, 0.1) is 5.92 Å². The zero-order chi connectivity index (χ0) is 24.2. The second kappa shape index (κ2) is 10.4. The summed E-state index contributed by atoms with van der Waals surface area (Å²) in [5, 5.41) is 5.98. The standard InChI is InChI=1S/C23H28N4O4S2/c1-5-27(6-2)33(30,31)17-11-9-10-16(14-17)21(28)25-20(15(3)4)22(29)26-23-24-18-12-7-8-13-19(18)32-23/h7-15,20H,5-6H2,1-4H3,(H,25,28)(H,24,26,29). The molecular formula is C23H28N4O4S2. The molecule has 1 heterocycles. The van der Waals surface area contributed by atoms with Crippen molar-refractivity contribution in [1.29, 1.82) is 0 Å². The van der Waals surface area contributed by atoms with Crippen molar-refractivity contribution in [2.24, 2.45) is 5.92 Å². The summed E-state index contributed by atoms with van der Waals surface area (Å²) >= 11 is 1.35. The molecule has 0 fully saturated rings. The Morgan fingerprint density at radius 1 is 1.06 bits per heavy atom. The van der Waals surface area contributed by atoms with E-state index in [4.69, 9.17) is 0 Å². The van der Waals surface area contributed by atoms with Gasteiger partial charge in [0, 0.05) is 18.7 Å². The van der Waals surface area contributed by atoms with Gasteiger partial charge in [-0.05, 0) is 36.2 Å². The van der Waals surface area contributed by atoms with Crippen LogP contribution >= 0.6 is 11.3 Å². The lowest BCUT2D eigenvalue weighted by atomic mass is 10.0. The molecule has 3 aromatic rings. The van der Waals surface area contributed by atoms with Crippen molar-refractivity contribution in [3.8, 4) is 0 Å². The lowest BCUT2D eigenvalue weighted by molar-refractivity contribution is -0.118. The summed E-state index contributed by atoms with van der Waals surface area (Å²) in [5.41, 5.74) is 0.954. The third kappa shape index (κ3) is 5.58. The summed E-state index contributed by atoms with van der Waals surface area (Å²) in [4.78, 5) is 30.3. The number of fused-ring (bicyclic) bond motifs is 1. The highest BCUT2D eigenvalue weighted by atomic mass is 32.2. The quantitative estimate of drug-likeness (QED) is 0.477. The molecule has 2 N–H and O–H groups in total. The Morgan fingerprint density at radius 3 is 2.39 bits per heavy atom. The molecule has 33 heavy (non-hydrogen) atoms. The highest BCUT2D eigenvalue weighted by Crippen LogP contribution is 2.25. The lowest BCUT2D eigenvalue weighted by Gasteiger charge is -2.22. The number of para-hydroxylation sites is 1. The Hall–Kier alpha value is -2.82. The van der Waals surface area contributed by atoms with Crippen molar-refractivity contribution >= 4 is 48.5 Å². The Bertz CT molecular complexity index is 1220. The van der Waals surface area contributed by atoms with Crippen LogP contribution in [0.15, 0.2) is 53.4 Å². The summed E-state index contributed by atoms with van der Waals surface area (Å²) < 4.78 is 27.9. The number of thiazole rings is 1. The van der Waals surface area contributed by atoms with Gasteiger partial charge < -0.3 is 10.6 Å². The molecule has 0 saturated heterocycles. The van der Waals surface area contributed by atoms with Crippen LogP contribution in [-0.2, 0) is 14.8 Å². The second-order valence-corrected chi connectivity index (χ2v) is 10.8. The summed E-state index contributed by atoms with van der Waals surface area (Å²) in [7, 11) is -3.70. The first-order chi connectivity index (χ1) is 15.7. The largest absolute Gasteiger partial charge is 0.340 e. The van der Waals surface area contributed by atoms with Crippen molar-refractivity contribution in [3.05, 3.63) is 54.1 Å². The molecule has 0 radical (unpaired) electrons. The minimum absolute atomic E-state index is 0.0406. The van der Waals surface area contributed by atoms with Crippen LogP contribution in [0.2, 0.25) is 0 Å². The number of rotatable bonds is 9. The monoisotopic (exact) mass is 488 g/mol. The van der Waals surface area contributed by atoms with Gasteiger partial charge in [-0.25, -0.2) is 13.4 Å². The van der Waals surface area contributed by atoms with Gasteiger partial charge in [-0.15, -0.1) is 0 Å². The predicted molar refractivity (Wildman–Crippen MR) is 131 cm³/mol. The molecule has 10 heteroatoms. The number of carbonyl (C=O) groups excluding carboxylic acids is 2. The maximum absolute atomic E-state index is 12.9. The topological polar surface area (TPSA) is 108 Å². The van der Waals surface area contributed by atoms with E-state index in [1.807, 2.05) is 38.1 Å². The van der Waals surface area contributed by atoms with Gasteiger partial charge in [0.1, 0.15) is 6.04 Å². The summed E-state index contributed by atoms with van der Waals surface area (Å²) in [5.74, 6) is -1.11. The summed E-state index contributed by atoms with van der Waals surface area (Å²) in [6, 6.07) is 12.6. The van der Waals surface area contributed by atoms with E-state index in [1.165, 1.54) is 39.9 Å². The van der Waals surface area contributed by atoms with Gasteiger partial charge in [0.2, 0.25) is 15.9 Å². The highest BCUT2D eigenvalue weighted by molar-refractivity contribution is 7.89. The Balaban J connectivity index is 1.78. The van der Waals surface area contributed by atoms with Crippen molar-refractivity contribution in [3.63, 3.8) is 0 Å². The smallest absolute Gasteiger partial charge is 0.251 e. The molecule has 0 aliphatic rings. The number of aromatic nitrogens is 1. The van der Waals surface area contributed by atoms with Crippen LogP contribution in [0.5, 0.6) is 0 Å². The molecule has 0 spiro atoms. The van der Waals surface area contributed by atoms with Gasteiger partial charge in [0.15, 0.2) is 5.13 Å². The van der Waals surface area contributed by atoms with E-state index in [2.05, 4.69) is 15.6 Å². The molecule has 8 nitrogen and oxygen atoms in total. The van der Waals surface area contributed by atoms with Gasteiger partial charge in [-0.1, -0.05) is 57.2 Å². The molecule has 1 unspecified atom stereocenters. The minimum atomic E-state index is -3.70. The third-order valence-electron chi connectivity index (χ3n) is 5.20. The molecule has 2 aromatic carbocycles. The normalized spacial score (nSPS) is 12.8. The Morgan fingerprint density at radius 2 is 1.76 bits per heavy atom. The molecule has 1 aromatic heterocycles. The first-order valence-electron chi connectivity index (χ1n) is 10.7. The molecule has 2 amide bonds. The second-order valence-electron chi connectivity index (χ2n) is 7.79.